The van der Waals surface area contributed by atoms with Gasteiger partial charge in [-0.2, -0.15) is 26.3 Å². The molecule has 2 atom stereocenters. The van der Waals surface area contributed by atoms with Crippen LogP contribution in [0, 0.1) is 11.7 Å². The van der Waals surface area contributed by atoms with Crippen LogP contribution in [0.4, 0.5) is 41.2 Å². The number of ether oxygens (including phenoxy) is 1. The number of nitrogens with zero attached hydrogens (tertiary/aromatic N) is 4. The Labute approximate surface area is 260 Å². The summed E-state index contributed by atoms with van der Waals surface area (Å²) in [6, 6.07) is 4.79. The number of anilines is 1. The lowest BCUT2D eigenvalue weighted by molar-refractivity contribution is -0.143. The number of rotatable bonds is 5. The number of amides is 3. The molecule has 2 aromatic carbocycles. The van der Waals surface area contributed by atoms with Gasteiger partial charge in [0, 0.05) is 63.9 Å². The first-order valence-corrected chi connectivity index (χ1v) is 14.5. The van der Waals surface area contributed by atoms with Crippen molar-refractivity contribution in [2.45, 2.75) is 37.2 Å². The third kappa shape index (κ3) is 6.92. The summed E-state index contributed by atoms with van der Waals surface area (Å²) in [5, 5.41) is 0. The fourth-order valence-corrected chi connectivity index (χ4v) is 6.24. The van der Waals surface area contributed by atoms with Crippen LogP contribution in [0.3, 0.4) is 0 Å². The molecule has 8 nitrogen and oxygen atoms in total. The van der Waals surface area contributed by atoms with Crippen LogP contribution >= 0.6 is 0 Å². The van der Waals surface area contributed by atoms with Crippen LogP contribution in [0.25, 0.3) is 0 Å². The van der Waals surface area contributed by atoms with Gasteiger partial charge in [-0.25, -0.2) is 14.0 Å². The number of urea groups is 1. The van der Waals surface area contributed by atoms with Gasteiger partial charge in [-0.3, -0.25) is 9.69 Å². The highest BCUT2D eigenvalue weighted by atomic mass is 19.4. The number of carbonyl (C=O) groups excluding carboxylic acids is 3. The van der Waals surface area contributed by atoms with Gasteiger partial charge in [0.2, 0.25) is 5.91 Å². The van der Waals surface area contributed by atoms with Gasteiger partial charge in [0.25, 0.3) is 0 Å². The predicted octanol–water partition coefficient (Wildman–Crippen LogP) is 5.50. The van der Waals surface area contributed by atoms with Crippen molar-refractivity contribution in [2.75, 3.05) is 51.8 Å². The Kier molecular flexibility index (Phi) is 8.97. The third-order valence-corrected chi connectivity index (χ3v) is 8.84. The van der Waals surface area contributed by atoms with Crippen LogP contribution in [0.1, 0.15) is 35.4 Å². The minimum absolute atomic E-state index is 0.0148. The normalized spacial score (nSPS) is 20.9. The Balaban J connectivity index is 1.36. The van der Waals surface area contributed by atoms with Gasteiger partial charge in [-0.05, 0) is 48.7 Å². The average Bonchev–Trinajstić information content (AvgIpc) is 3.66. The van der Waals surface area contributed by atoms with Crippen LogP contribution in [0.15, 0.2) is 54.2 Å². The summed E-state index contributed by atoms with van der Waals surface area (Å²) < 4.78 is 99.7. The van der Waals surface area contributed by atoms with Crippen molar-refractivity contribution in [2.24, 2.45) is 5.92 Å². The molecule has 248 valence electrons. The zero-order valence-corrected chi connectivity index (χ0v) is 24.9. The second-order valence-corrected chi connectivity index (χ2v) is 11.7. The van der Waals surface area contributed by atoms with E-state index < -0.39 is 58.9 Å². The molecule has 0 aliphatic carbocycles. The number of esters is 1. The summed E-state index contributed by atoms with van der Waals surface area (Å²) in [7, 11) is 2.44. The summed E-state index contributed by atoms with van der Waals surface area (Å²) in [4.78, 5) is 44.3. The number of likely N-dealkylation sites (tertiary alicyclic amines) is 2. The number of carbonyl (C=O) groups is 3. The van der Waals surface area contributed by atoms with Crippen LogP contribution < -0.4 is 4.90 Å². The highest BCUT2D eigenvalue weighted by Gasteiger charge is 2.43. The molecule has 3 aliphatic rings. The summed E-state index contributed by atoms with van der Waals surface area (Å²) in [6.07, 6.45) is -7.77. The van der Waals surface area contributed by atoms with E-state index in [-0.39, 0.29) is 37.6 Å². The molecule has 3 aliphatic heterocycles. The van der Waals surface area contributed by atoms with Crippen molar-refractivity contribution in [1.82, 2.24) is 14.7 Å². The molecule has 46 heavy (non-hydrogen) atoms. The molecule has 2 unspecified atom stereocenters. The van der Waals surface area contributed by atoms with Crippen molar-refractivity contribution in [1.29, 1.82) is 0 Å². The van der Waals surface area contributed by atoms with Crippen LogP contribution in [-0.2, 0) is 26.7 Å². The molecular formula is C31H31F7N4O4. The zero-order chi connectivity index (χ0) is 33.6. The number of piperidine rings is 1. The number of likely N-dealkylation sites (N-methyl/N-ethyl adjacent to an activating group) is 1. The molecule has 0 bridgehead atoms. The van der Waals surface area contributed by atoms with Crippen molar-refractivity contribution >= 4 is 23.6 Å². The SMILES string of the molecule is CN(C(=O)N(C)C1CN(C(=O)C2CCN(C3=CC(=O)OC3)CC2)CC1c1ccc(F)cc1)c1cc(C(F)(F)F)cc(C(F)(F)F)c1. The third-order valence-electron chi connectivity index (χ3n) is 8.84. The molecule has 2 saturated heterocycles. The smallest absolute Gasteiger partial charge is 0.416 e. The number of hydrogen-bond donors (Lipinski definition) is 0. The summed E-state index contributed by atoms with van der Waals surface area (Å²) in [6.45, 7) is 1.43. The molecule has 2 aromatic rings. The second kappa shape index (κ2) is 12.5. The minimum atomic E-state index is -5.10. The van der Waals surface area contributed by atoms with E-state index in [0.717, 1.165) is 12.7 Å². The van der Waals surface area contributed by atoms with E-state index in [1.54, 1.807) is 4.90 Å². The summed E-state index contributed by atoms with van der Waals surface area (Å²) in [5.74, 6) is -1.95. The lowest BCUT2D eigenvalue weighted by Gasteiger charge is -2.35. The number of cyclic esters (lactones) is 1. The Bertz CT molecular complexity index is 1490. The zero-order valence-electron chi connectivity index (χ0n) is 24.9. The first kappa shape index (κ1) is 33.1. The quantitative estimate of drug-likeness (QED) is 0.314. The highest BCUT2D eigenvalue weighted by Crippen LogP contribution is 2.39. The molecule has 3 heterocycles. The maximum Gasteiger partial charge on any atom is 0.416 e. The maximum atomic E-state index is 13.8. The van der Waals surface area contributed by atoms with Gasteiger partial charge in [-0.1, -0.05) is 12.1 Å². The fraction of sp³-hybridized carbons (Fsp3) is 0.452. The highest BCUT2D eigenvalue weighted by molar-refractivity contribution is 5.92. The number of benzene rings is 2. The largest absolute Gasteiger partial charge is 0.456 e. The van der Waals surface area contributed by atoms with Crippen LogP contribution in [0.2, 0.25) is 0 Å². The summed E-state index contributed by atoms with van der Waals surface area (Å²) in [5.41, 5.74) is -2.37. The minimum Gasteiger partial charge on any atom is -0.456 e. The molecule has 0 radical (unpaired) electrons. The van der Waals surface area contributed by atoms with Gasteiger partial charge >= 0.3 is 24.4 Å². The van der Waals surface area contributed by atoms with E-state index in [9.17, 15) is 45.1 Å². The Hall–Kier alpha value is -4.30. The monoisotopic (exact) mass is 656 g/mol. The molecule has 2 fully saturated rings. The first-order valence-electron chi connectivity index (χ1n) is 14.5. The Morgan fingerprint density at radius 2 is 1.48 bits per heavy atom. The van der Waals surface area contributed by atoms with E-state index in [4.69, 9.17) is 4.74 Å². The topological polar surface area (TPSA) is 73.4 Å². The second-order valence-electron chi connectivity index (χ2n) is 11.7. The van der Waals surface area contributed by atoms with Crippen molar-refractivity contribution in [3.8, 4) is 0 Å². The number of halogens is 7. The lowest BCUT2D eigenvalue weighted by atomic mass is 9.93. The van der Waals surface area contributed by atoms with E-state index in [1.165, 1.54) is 42.3 Å². The van der Waals surface area contributed by atoms with E-state index >= 15 is 0 Å². The Morgan fingerprint density at radius 3 is 2.00 bits per heavy atom. The predicted molar refractivity (Wildman–Crippen MR) is 151 cm³/mol. The van der Waals surface area contributed by atoms with Gasteiger partial charge in [0.15, 0.2) is 0 Å². The van der Waals surface area contributed by atoms with Gasteiger partial charge in [0.1, 0.15) is 12.4 Å². The van der Waals surface area contributed by atoms with E-state index in [1.807, 2.05) is 4.90 Å². The van der Waals surface area contributed by atoms with Crippen molar-refractivity contribution in [3.63, 3.8) is 0 Å². The van der Waals surface area contributed by atoms with Crippen molar-refractivity contribution in [3.05, 3.63) is 76.7 Å². The maximum absolute atomic E-state index is 13.8. The number of alkyl halides is 6. The van der Waals surface area contributed by atoms with E-state index in [2.05, 4.69) is 0 Å². The molecule has 5 rings (SSSR count). The fourth-order valence-electron chi connectivity index (χ4n) is 6.24. The summed E-state index contributed by atoms with van der Waals surface area (Å²) >= 11 is 0. The van der Waals surface area contributed by atoms with Crippen molar-refractivity contribution < 1.29 is 49.9 Å². The van der Waals surface area contributed by atoms with Crippen LogP contribution in [-0.4, -0.2) is 85.5 Å². The molecular weight excluding hydrogens is 625 g/mol. The van der Waals surface area contributed by atoms with Gasteiger partial charge in [0.05, 0.1) is 22.9 Å². The molecule has 0 aromatic heterocycles. The number of hydrogen-bond acceptors (Lipinski definition) is 5. The Morgan fingerprint density at radius 1 is 0.891 bits per heavy atom. The van der Waals surface area contributed by atoms with Gasteiger partial charge in [-0.15, -0.1) is 0 Å². The lowest BCUT2D eigenvalue weighted by Crippen LogP contribution is -2.48. The molecule has 3 amide bonds. The van der Waals surface area contributed by atoms with E-state index in [0.29, 0.717) is 48.5 Å². The molecule has 15 heteroatoms. The average molecular weight is 657 g/mol. The first-order chi connectivity index (χ1) is 21.5. The van der Waals surface area contributed by atoms with Gasteiger partial charge < -0.3 is 19.4 Å². The standard InChI is InChI=1S/C31H31F7N4O4/c1-39(23-12-20(30(33,34)35)11-21(13-23)31(36,37)38)29(45)40(2)26-16-42(15-25(26)18-3-5-22(32)6-4-18)28(44)19-7-9-41(10-8-19)24-14-27(43)46-17-24/h3-6,11-14,19,25-26H,7-10,15-17H2,1-2H3. The molecule has 0 spiro atoms. The molecule has 0 saturated carbocycles. The molecule has 0 N–H and O–H groups in total. The van der Waals surface area contributed by atoms with Crippen LogP contribution in [0.5, 0.6) is 0 Å².